The highest BCUT2D eigenvalue weighted by molar-refractivity contribution is 7.89. The van der Waals surface area contributed by atoms with Gasteiger partial charge in [-0.2, -0.15) is 0 Å². The molecule has 0 bridgehead atoms. The van der Waals surface area contributed by atoms with Crippen LogP contribution < -0.4 is 4.72 Å². The summed E-state index contributed by atoms with van der Waals surface area (Å²) in [6.45, 7) is 2.64. The third-order valence-electron chi connectivity index (χ3n) is 5.11. The van der Waals surface area contributed by atoms with Crippen LogP contribution in [-0.2, 0) is 10.0 Å². The summed E-state index contributed by atoms with van der Waals surface area (Å²) in [5, 5.41) is 2.26. The highest BCUT2D eigenvalue weighted by Crippen LogP contribution is 2.30. The number of H-pyrrole nitrogens is 1. The number of rotatable bonds is 6. The number of nitrogens with zero attached hydrogens (tertiary/aromatic N) is 1. The molecule has 1 aliphatic heterocycles. The van der Waals surface area contributed by atoms with Gasteiger partial charge in [-0.15, -0.1) is 0 Å². The predicted molar refractivity (Wildman–Crippen MR) is 119 cm³/mol. The molecule has 0 fully saturated rings. The van der Waals surface area contributed by atoms with Crippen LogP contribution in [0.15, 0.2) is 59.6 Å². The lowest BCUT2D eigenvalue weighted by molar-refractivity contribution is 0.307. The van der Waals surface area contributed by atoms with E-state index in [1.165, 1.54) is 23.3 Å². The van der Waals surface area contributed by atoms with E-state index in [-0.39, 0.29) is 4.90 Å². The van der Waals surface area contributed by atoms with Gasteiger partial charge in [-0.3, -0.25) is 4.90 Å². The largest absolute Gasteiger partial charge is 0.361 e. The molecule has 5 nitrogen and oxygen atoms in total. The fourth-order valence-electron chi connectivity index (χ4n) is 3.57. The molecule has 0 unspecified atom stereocenters. The molecule has 4 rings (SSSR count). The molecule has 0 saturated heterocycles. The van der Waals surface area contributed by atoms with Gasteiger partial charge in [0.15, 0.2) is 0 Å². The minimum atomic E-state index is -3.55. The van der Waals surface area contributed by atoms with Gasteiger partial charge in [0.05, 0.1) is 4.90 Å². The zero-order valence-electron chi connectivity index (χ0n) is 15.7. The molecule has 0 amide bonds. The Balaban J connectivity index is 1.36. The van der Waals surface area contributed by atoms with Crippen molar-refractivity contribution < 1.29 is 8.42 Å². The number of aromatic amines is 1. The molecule has 0 spiro atoms. The molecule has 0 aliphatic carbocycles. The normalized spacial score (nSPS) is 15.6. The van der Waals surface area contributed by atoms with Crippen molar-refractivity contribution in [1.82, 2.24) is 14.6 Å². The van der Waals surface area contributed by atoms with Crippen molar-refractivity contribution >= 4 is 49.7 Å². The van der Waals surface area contributed by atoms with E-state index < -0.39 is 10.0 Å². The van der Waals surface area contributed by atoms with Crippen LogP contribution in [-0.4, -0.2) is 44.5 Å². The molecule has 0 radical (unpaired) electrons. The van der Waals surface area contributed by atoms with Crippen molar-refractivity contribution in [3.8, 4) is 0 Å². The SMILES string of the molecule is O=S(=O)(NCCN1CC=C(c2c[nH]c3ccc(Cl)cc23)CC1)c1cccc(Cl)c1. The Labute approximate surface area is 180 Å². The van der Waals surface area contributed by atoms with Crippen molar-refractivity contribution in [3.63, 3.8) is 0 Å². The van der Waals surface area contributed by atoms with Gasteiger partial charge in [-0.05, 0) is 48.4 Å². The third-order valence-corrected chi connectivity index (χ3v) is 7.04. The minimum absolute atomic E-state index is 0.184. The minimum Gasteiger partial charge on any atom is -0.361 e. The monoisotopic (exact) mass is 449 g/mol. The third kappa shape index (κ3) is 4.68. The molecule has 1 aromatic heterocycles. The summed E-state index contributed by atoms with van der Waals surface area (Å²) in [4.78, 5) is 5.71. The first kappa shape index (κ1) is 20.4. The van der Waals surface area contributed by atoms with Crippen LogP contribution >= 0.6 is 23.2 Å². The number of aromatic nitrogens is 1. The van der Waals surface area contributed by atoms with Crippen LogP contribution in [0, 0.1) is 0 Å². The zero-order valence-corrected chi connectivity index (χ0v) is 18.0. The summed E-state index contributed by atoms with van der Waals surface area (Å²) >= 11 is 12.0. The molecule has 1 aliphatic rings. The van der Waals surface area contributed by atoms with Crippen LogP contribution in [0.25, 0.3) is 16.5 Å². The topological polar surface area (TPSA) is 65.2 Å². The average Bonchev–Trinajstić information content (AvgIpc) is 3.11. The van der Waals surface area contributed by atoms with Crippen LogP contribution in [0.2, 0.25) is 10.0 Å². The van der Waals surface area contributed by atoms with Gasteiger partial charge >= 0.3 is 0 Å². The summed E-state index contributed by atoms with van der Waals surface area (Å²) in [6, 6.07) is 12.1. The summed E-state index contributed by atoms with van der Waals surface area (Å²) in [5.41, 5.74) is 3.54. The summed E-state index contributed by atoms with van der Waals surface area (Å²) in [5.74, 6) is 0. The van der Waals surface area contributed by atoms with Crippen molar-refractivity contribution in [2.45, 2.75) is 11.3 Å². The number of halogens is 2. The molecular formula is C21H21Cl2N3O2S. The summed E-state index contributed by atoms with van der Waals surface area (Å²) in [6.07, 6.45) is 5.14. The Morgan fingerprint density at radius 2 is 1.93 bits per heavy atom. The van der Waals surface area contributed by atoms with Crippen LogP contribution in [0.3, 0.4) is 0 Å². The maximum absolute atomic E-state index is 12.4. The lowest BCUT2D eigenvalue weighted by atomic mass is 9.99. The number of sulfonamides is 1. The van der Waals surface area contributed by atoms with Gasteiger partial charge in [-0.1, -0.05) is 35.3 Å². The lowest BCUT2D eigenvalue weighted by Gasteiger charge is -2.26. The molecule has 2 N–H and O–H groups in total. The fourth-order valence-corrected chi connectivity index (χ4v) is 5.07. The van der Waals surface area contributed by atoms with E-state index in [1.54, 1.807) is 12.1 Å². The molecule has 3 aromatic rings. The van der Waals surface area contributed by atoms with Crippen molar-refractivity contribution in [2.75, 3.05) is 26.2 Å². The highest BCUT2D eigenvalue weighted by atomic mass is 35.5. The average molecular weight is 450 g/mol. The first-order valence-corrected chi connectivity index (χ1v) is 11.6. The number of hydrogen-bond acceptors (Lipinski definition) is 3. The number of fused-ring (bicyclic) bond motifs is 1. The molecule has 0 saturated carbocycles. The first-order valence-electron chi connectivity index (χ1n) is 9.36. The molecule has 29 heavy (non-hydrogen) atoms. The van der Waals surface area contributed by atoms with E-state index in [2.05, 4.69) is 20.7 Å². The van der Waals surface area contributed by atoms with E-state index in [4.69, 9.17) is 23.2 Å². The van der Waals surface area contributed by atoms with Crippen LogP contribution in [0.4, 0.5) is 0 Å². The maximum Gasteiger partial charge on any atom is 0.240 e. The Hall–Kier alpha value is -1.83. The summed E-state index contributed by atoms with van der Waals surface area (Å²) < 4.78 is 27.4. The molecule has 0 atom stereocenters. The number of nitrogens with one attached hydrogen (secondary N) is 2. The van der Waals surface area contributed by atoms with Gasteiger partial charge in [-0.25, -0.2) is 13.1 Å². The molecule has 8 heteroatoms. The second kappa shape index (κ2) is 8.50. The molecule has 2 heterocycles. The Morgan fingerprint density at radius 1 is 1.10 bits per heavy atom. The van der Waals surface area contributed by atoms with E-state index in [0.29, 0.717) is 18.1 Å². The maximum atomic E-state index is 12.4. The van der Waals surface area contributed by atoms with E-state index >= 15 is 0 Å². The van der Waals surface area contributed by atoms with E-state index in [1.807, 2.05) is 24.4 Å². The van der Waals surface area contributed by atoms with E-state index in [9.17, 15) is 8.42 Å². The van der Waals surface area contributed by atoms with Gasteiger partial charge in [0, 0.05) is 58.9 Å². The highest BCUT2D eigenvalue weighted by Gasteiger charge is 2.18. The lowest BCUT2D eigenvalue weighted by Crippen LogP contribution is -2.37. The number of hydrogen-bond donors (Lipinski definition) is 2. The van der Waals surface area contributed by atoms with Crippen LogP contribution in [0.1, 0.15) is 12.0 Å². The second-order valence-corrected chi connectivity index (χ2v) is 9.67. The summed E-state index contributed by atoms with van der Waals surface area (Å²) in [7, 11) is -3.55. The number of benzene rings is 2. The predicted octanol–water partition coefficient (Wildman–Crippen LogP) is 4.54. The second-order valence-electron chi connectivity index (χ2n) is 7.03. The smallest absolute Gasteiger partial charge is 0.240 e. The van der Waals surface area contributed by atoms with Crippen LogP contribution in [0.5, 0.6) is 0 Å². The van der Waals surface area contributed by atoms with Gasteiger partial charge in [0.1, 0.15) is 0 Å². The van der Waals surface area contributed by atoms with E-state index in [0.717, 1.165) is 35.4 Å². The van der Waals surface area contributed by atoms with Gasteiger partial charge in [0.25, 0.3) is 0 Å². The van der Waals surface area contributed by atoms with Crippen molar-refractivity contribution in [3.05, 3.63) is 70.3 Å². The van der Waals surface area contributed by atoms with Gasteiger partial charge in [0.2, 0.25) is 10.0 Å². The zero-order chi connectivity index (χ0) is 20.4. The van der Waals surface area contributed by atoms with Crippen molar-refractivity contribution in [2.24, 2.45) is 0 Å². The standard InChI is InChI=1S/C21H21Cl2N3O2S/c22-16-2-1-3-18(12-16)29(27,28)25-8-11-26-9-6-15(7-10-26)20-14-24-21-5-4-17(23)13-19(20)21/h1-6,12-14,24-25H,7-11H2. The molecular weight excluding hydrogens is 429 g/mol. The fraction of sp³-hybridized carbons (Fsp3) is 0.238. The Morgan fingerprint density at radius 3 is 2.69 bits per heavy atom. The Bertz CT molecular complexity index is 1170. The molecule has 2 aromatic carbocycles. The Kier molecular flexibility index (Phi) is 5.99. The van der Waals surface area contributed by atoms with Gasteiger partial charge < -0.3 is 4.98 Å². The van der Waals surface area contributed by atoms with Crippen molar-refractivity contribution in [1.29, 1.82) is 0 Å². The molecule has 152 valence electrons. The first-order chi connectivity index (χ1) is 13.9. The quantitative estimate of drug-likeness (QED) is 0.580.